The molecule has 8 heteroatoms. The number of likely N-dealkylation sites (tertiary alicyclic amines) is 1. The van der Waals surface area contributed by atoms with Crippen molar-refractivity contribution in [2.24, 2.45) is 0 Å². The highest BCUT2D eigenvalue weighted by atomic mass is 16.5. The van der Waals surface area contributed by atoms with E-state index >= 15 is 0 Å². The average Bonchev–Trinajstić information content (AvgIpc) is 3.39. The molecular formula is C19H19N5O3. The summed E-state index contributed by atoms with van der Waals surface area (Å²) >= 11 is 0. The molecule has 0 radical (unpaired) electrons. The molecule has 3 heterocycles. The molecule has 3 aromatic rings. The van der Waals surface area contributed by atoms with Crippen LogP contribution in [0.25, 0.3) is 11.3 Å². The largest absolute Gasteiger partial charge is 0.477 e. The van der Waals surface area contributed by atoms with Crippen LogP contribution in [0.1, 0.15) is 16.9 Å². The molecule has 4 rings (SSSR count). The number of methoxy groups -OCH3 is 1. The number of carbonyl (C=O) groups excluding carboxylic acids is 1. The van der Waals surface area contributed by atoms with E-state index in [1.165, 1.54) is 7.11 Å². The van der Waals surface area contributed by atoms with Crippen molar-refractivity contribution in [3.8, 4) is 23.0 Å². The van der Waals surface area contributed by atoms with Gasteiger partial charge in [-0.15, -0.1) is 0 Å². The molecule has 0 saturated carbocycles. The lowest BCUT2D eigenvalue weighted by molar-refractivity contribution is 0.0764. The van der Waals surface area contributed by atoms with E-state index in [1.54, 1.807) is 23.4 Å². The summed E-state index contributed by atoms with van der Waals surface area (Å²) in [6, 6.07) is 11.5. The van der Waals surface area contributed by atoms with Crippen molar-refractivity contribution >= 4 is 5.91 Å². The van der Waals surface area contributed by atoms with Crippen molar-refractivity contribution in [2.45, 2.75) is 12.5 Å². The van der Waals surface area contributed by atoms with Crippen LogP contribution in [-0.4, -0.2) is 57.3 Å². The van der Waals surface area contributed by atoms with Gasteiger partial charge in [0.1, 0.15) is 11.8 Å². The number of amides is 1. The fraction of sp³-hybridized carbons (Fsp3) is 0.263. The number of hydrogen-bond acceptors (Lipinski definition) is 6. The third-order valence-corrected chi connectivity index (χ3v) is 4.41. The second kappa shape index (κ2) is 7.45. The Kier molecular flexibility index (Phi) is 4.69. The first-order valence-corrected chi connectivity index (χ1v) is 8.66. The Hall–Kier alpha value is -3.42. The maximum atomic E-state index is 12.8. The van der Waals surface area contributed by atoms with Gasteiger partial charge >= 0.3 is 0 Å². The monoisotopic (exact) mass is 365 g/mol. The lowest BCUT2D eigenvalue weighted by atomic mass is 10.1. The lowest BCUT2D eigenvalue weighted by Gasteiger charge is -2.16. The zero-order valence-corrected chi connectivity index (χ0v) is 14.8. The van der Waals surface area contributed by atoms with Crippen LogP contribution in [0.15, 0.2) is 48.8 Å². The highest BCUT2D eigenvalue weighted by molar-refractivity contribution is 5.93. The van der Waals surface area contributed by atoms with E-state index in [9.17, 15) is 4.79 Å². The summed E-state index contributed by atoms with van der Waals surface area (Å²) in [7, 11) is 1.52. The van der Waals surface area contributed by atoms with Gasteiger partial charge in [-0.1, -0.05) is 30.3 Å². The average molecular weight is 365 g/mol. The second-order valence-electron chi connectivity index (χ2n) is 6.18. The molecule has 8 nitrogen and oxygen atoms in total. The van der Waals surface area contributed by atoms with E-state index in [4.69, 9.17) is 9.47 Å². The van der Waals surface area contributed by atoms with Gasteiger partial charge in [0.15, 0.2) is 0 Å². The summed E-state index contributed by atoms with van der Waals surface area (Å²) in [4.78, 5) is 22.7. The van der Waals surface area contributed by atoms with E-state index in [1.807, 2.05) is 30.3 Å². The summed E-state index contributed by atoms with van der Waals surface area (Å²) in [5.41, 5.74) is 2.17. The minimum atomic E-state index is -0.156. The summed E-state index contributed by atoms with van der Waals surface area (Å²) < 4.78 is 11.0. The first-order chi connectivity index (χ1) is 13.2. The van der Waals surface area contributed by atoms with Crippen molar-refractivity contribution in [3.05, 3.63) is 54.5 Å². The predicted molar refractivity (Wildman–Crippen MR) is 97.5 cm³/mol. The Morgan fingerprint density at radius 3 is 2.74 bits per heavy atom. The number of ether oxygens (including phenoxy) is 2. The SMILES string of the molecule is COc1nccnc1OC1CCN(C(=O)c2cc(-c3ccccc3)n[nH]2)C1. The zero-order chi connectivity index (χ0) is 18.6. The standard InChI is InChI=1S/C19H19N5O3/c1-26-17-18(21-9-8-20-17)27-14-7-10-24(12-14)19(25)16-11-15(22-23-16)13-5-3-2-4-6-13/h2-6,8-9,11,14H,7,10,12H2,1H3,(H,22,23). The molecular weight excluding hydrogens is 346 g/mol. The molecule has 138 valence electrons. The van der Waals surface area contributed by atoms with Crippen LogP contribution < -0.4 is 9.47 Å². The van der Waals surface area contributed by atoms with E-state index in [0.29, 0.717) is 37.0 Å². The quantitative estimate of drug-likeness (QED) is 0.745. The van der Waals surface area contributed by atoms with E-state index in [-0.39, 0.29) is 12.0 Å². The molecule has 2 aromatic heterocycles. The molecule has 1 fully saturated rings. The first-order valence-electron chi connectivity index (χ1n) is 8.66. The fourth-order valence-corrected chi connectivity index (χ4v) is 3.06. The van der Waals surface area contributed by atoms with Gasteiger partial charge in [-0.25, -0.2) is 9.97 Å². The maximum absolute atomic E-state index is 12.8. The molecule has 1 amide bonds. The number of nitrogens with one attached hydrogen (secondary N) is 1. The minimum Gasteiger partial charge on any atom is -0.477 e. The molecule has 1 aliphatic rings. The molecule has 27 heavy (non-hydrogen) atoms. The van der Waals surface area contributed by atoms with Gasteiger partial charge in [0.2, 0.25) is 0 Å². The number of benzene rings is 1. The van der Waals surface area contributed by atoms with Crippen LogP contribution in [0.4, 0.5) is 0 Å². The van der Waals surface area contributed by atoms with Gasteiger partial charge in [0.25, 0.3) is 17.7 Å². The molecule has 1 aliphatic heterocycles. The number of hydrogen-bond donors (Lipinski definition) is 1. The number of carbonyl (C=O) groups is 1. The van der Waals surface area contributed by atoms with Gasteiger partial charge in [-0.2, -0.15) is 5.10 Å². The zero-order valence-electron chi connectivity index (χ0n) is 14.8. The van der Waals surface area contributed by atoms with Crippen LogP contribution in [0, 0.1) is 0 Å². The third-order valence-electron chi connectivity index (χ3n) is 4.41. The minimum absolute atomic E-state index is 0.0955. The lowest BCUT2D eigenvalue weighted by Crippen LogP contribution is -2.31. The van der Waals surface area contributed by atoms with Gasteiger partial charge in [0.05, 0.1) is 19.3 Å². The van der Waals surface area contributed by atoms with E-state index < -0.39 is 0 Å². The molecule has 1 atom stereocenters. The van der Waals surface area contributed by atoms with Crippen molar-refractivity contribution in [3.63, 3.8) is 0 Å². The Bertz CT molecular complexity index is 928. The number of aromatic amines is 1. The Morgan fingerprint density at radius 1 is 1.19 bits per heavy atom. The molecule has 0 aliphatic carbocycles. The number of H-pyrrole nitrogens is 1. The number of aromatic nitrogens is 4. The van der Waals surface area contributed by atoms with Crippen LogP contribution >= 0.6 is 0 Å². The molecule has 0 spiro atoms. The summed E-state index contributed by atoms with van der Waals surface area (Å²) in [5.74, 6) is 0.581. The Balaban J connectivity index is 1.42. The topological polar surface area (TPSA) is 93.2 Å². The highest BCUT2D eigenvalue weighted by Crippen LogP contribution is 2.25. The van der Waals surface area contributed by atoms with Crippen molar-refractivity contribution in [1.82, 2.24) is 25.1 Å². The maximum Gasteiger partial charge on any atom is 0.278 e. The van der Waals surface area contributed by atoms with Crippen molar-refractivity contribution in [1.29, 1.82) is 0 Å². The smallest absolute Gasteiger partial charge is 0.278 e. The number of rotatable bonds is 5. The Morgan fingerprint density at radius 2 is 1.96 bits per heavy atom. The van der Waals surface area contributed by atoms with Gasteiger partial charge in [0, 0.05) is 30.9 Å². The second-order valence-corrected chi connectivity index (χ2v) is 6.18. The van der Waals surface area contributed by atoms with Crippen LogP contribution in [0.2, 0.25) is 0 Å². The summed E-state index contributed by atoms with van der Waals surface area (Å²) in [6.45, 7) is 1.07. The van der Waals surface area contributed by atoms with Gasteiger partial charge < -0.3 is 14.4 Å². The normalized spacial score (nSPS) is 16.3. The predicted octanol–water partition coefficient (Wildman–Crippen LogP) is 2.17. The first kappa shape index (κ1) is 17.0. The summed E-state index contributed by atoms with van der Waals surface area (Å²) in [6.07, 6.45) is 3.64. The van der Waals surface area contributed by atoms with Gasteiger partial charge in [-0.05, 0) is 6.07 Å². The third kappa shape index (κ3) is 3.59. The van der Waals surface area contributed by atoms with Gasteiger partial charge in [-0.3, -0.25) is 9.89 Å². The van der Waals surface area contributed by atoms with Crippen molar-refractivity contribution < 1.29 is 14.3 Å². The van der Waals surface area contributed by atoms with Crippen LogP contribution in [0.5, 0.6) is 11.8 Å². The highest BCUT2D eigenvalue weighted by Gasteiger charge is 2.30. The molecule has 0 bridgehead atoms. The van der Waals surface area contributed by atoms with E-state index in [2.05, 4.69) is 20.2 Å². The Labute approximate surface area is 156 Å². The molecule has 1 aromatic carbocycles. The summed E-state index contributed by atoms with van der Waals surface area (Å²) in [5, 5.41) is 7.09. The molecule has 1 unspecified atom stereocenters. The van der Waals surface area contributed by atoms with E-state index in [0.717, 1.165) is 11.3 Å². The molecule has 1 N–H and O–H groups in total. The van der Waals surface area contributed by atoms with Crippen LogP contribution in [0.3, 0.4) is 0 Å². The fourth-order valence-electron chi connectivity index (χ4n) is 3.06. The number of nitrogens with zero attached hydrogens (tertiary/aromatic N) is 4. The van der Waals surface area contributed by atoms with Crippen LogP contribution in [-0.2, 0) is 0 Å². The van der Waals surface area contributed by atoms with Crippen molar-refractivity contribution in [2.75, 3.05) is 20.2 Å². The molecule has 1 saturated heterocycles.